The molecule has 9 heteroatoms. The molecule has 0 spiro atoms. The molecule has 0 unspecified atom stereocenters. The predicted molar refractivity (Wildman–Crippen MR) is 91.9 cm³/mol. The molecule has 2 atom stereocenters. The number of alkyl halides is 3. The van der Waals surface area contributed by atoms with E-state index in [9.17, 15) is 22.8 Å². The average molecular weight is 390 g/mol. The number of aliphatic carboxylic acids is 1. The number of likely N-dealkylation sites (tertiary alicyclic amines) is 1. The zero-order valence-electron chi connectivity index (χ0n) is 14.0. The summed E-state index contributed by atoms with van der Waals surface area (Å²) in [7, 11) is 0. The molecule has 1 aromatic carbocycles. The van der Waals surface area contributed by atoms with Crippen molar-refractivity contribution in [2.45, 2.75) is 17.5 Å². The van der Waals surface area contributed by atoms with Crippen LogP contribution < -0.4 is 5.32 Å². The number of benzene rings is 1. The van der Waals surface area contributed by atoms with Gasteiger partial charge in [0.2, 0.25) is 5.91 Å². The lowest BCUT2D eigenvalue weighted by atomic mass is 9.96. The highest BCUT2D eigenvalue weighted by Crippen LogP contribution is 2.37. The molecule has 0 aliphatic carbocycles. The van der Waals surface area contributed by atoms with Crippen LogP contribution in [0.4, 0.5) is 13.2 Å². The number of hydrogen-bond acceptors (Lipinski definition) is 4. The van der Waals surface area contributed by atoms with E-state index in [1.807, 2.05) is 30.3 Å². The van der Waals surface area contributed by atoms with Crippen molar-refractivity contribution in [3.63, 3.8) is 0 Å². The maximum Gasteiger partial charge on any atom is 0.393 e. The number of amides is 1. The standard InChI is InChI=1S/C17H21F3N2O3S/c18-17(19,20)14-10-22(9-13(14)16(24)25)11-15(23)21-7-4-8-26-12-5-2-1-3-6-12/h1-3,5-6,13-14H,4,7-11H2,(H,21,23)(H,24,25)/t13-,14-/m1/s1. The number of nitrogens with zero attached hydrogens (tertiary/aromatic N) is 1. The maximum absolute atomic E-state index is 12.9. The van der Waals surface area contributed by atoms with Gasteiger partial charge in [0.25, 0.3) is 0 Å². The lowest BCUT2D eigenvalue weighted by Gasteiger charge is -2.18. The molecule has 1 heterocycles. The Kier molecular flexibility index (Phi) is 7.33. The molecular weight excluding hydrogens is 369 g/mol. The van der Waals surface area contributed by atoms with Crippen LogP contribution in [0.2, 0.25) is 0 Å². The van der Waals surface area contributed by atoms with Gasteiger partial charge in [-0.05, 0) is 24.3 Å². The van der Waals surface area contributed by atoms with Crippen molar-refractivity contribution in [1.29, 1.82) is 0 Å². The smallest absolute Gasteiger partial charge is 0.393 e. The molecule has 1 fully saturated rings. The molecule has 2 rings (SSSR count). The maximum atomic E-state index is 12.9. The van der Waals surface area contributed by atoms with E-state index in [0.717, 1.165) is 17.1 Å². The average Bonchev–Trinajstić information content (AvgIpc) is 3.00. The summed E-state index contributed by atoms with van der Waals surface area (Å²) >= 11 is 1.66. The molecule has 0 aromatic heterocycles. The Balaban J connectivity index is 1.68. The fourth-order valence-corrected chi connectivity index (χ4v) is 3.74. The first-order valence-electron chi connectivity index (χ1n) is 8.24. The Labute approximate surface area is 153 Å². The van der Waals surface area contributed by atoms with Crippen LogP contribution in [-0.2, 0) is 9.59 Å². The Morgan fingerprint density at radius 1 is 1.23 bits per heavy atom. The number of rotatable bonds is 8. The lowest BCUT2D eigenvalue weighted by Crippen LogP contribution is -2.37. The molecule has 1 aliphatic rings. The van der Waals surface area contributed by atoms with Gasteiger partial charge in [-0.1, -0.05) is 18.2 Å². The van der Waals surface area contributed by atoms with Crippen molar-refractivity contribution < 1.29 is 27.9 Å². The summed E-state index contributed by atoms with van der Waals surface area (Å²) in [6.45, 7) is -0.520. The normalized spacial score (nSPS) is 20.9. The quantitative estimate of drug-likeness (QED) is 0.527. The second kappa shape index (κ2) is 9.27. The monoisotopic (exact) mass is 390 g/mol. The van der Waals surface area contributed by atoms with E-state index in [4.69, 9.17) is 5.11 Å². The first-order valence-corrected chi connectivity index (χ1v) is 9.22. The zero-order valence-corrected chi connectivity index (χ0v) is 14.9. The molecule has 144 valence electrons. The zero-order chi connectivity index (χ0) is 19.2. The molecular formula is C17H21F3N2O3S. The first-order chi connectivity index (χ1) is 12.3. The summed E-state index contributed by atoms with van der Waals surface area (Å²) < 4.78 is 38.7. The number of thioether (sulfide) groups is 1. The van der Waals surface area contributed by atoms with Crippen LogP contribution in [0.1, 0.15) is 6.42 Å². The second-order valence-electron chi connectivity index (χ2n) is 6.15. The Hall–Kier alpha value is -1.74. The minimum absolute atomic E-state index is 0.220. The van der Waals surface area contributed by atoms with E-state index in [1.165, 1.54) is 4.90 Å². The van der Waals surface area contributed by atoms with Gasteiger partial charge in [0.1, 0.15) is 0 Å². The van der Waals surface area contributed by atoms with Crippen molar-refractivity contribution in [3.05, 3.63) is 30.3 Å². The molecule has 1 aromatic rings. The van der Waals surface area contributed by atoms with Gasteiger partial charge >= 0.3 is 12.1 Å². The molecule has 0 bridgehead atoms. The van der Waals surface area contributed by atoms with Crippen LogP contribution in [0.3, 0.4) is 0 Å². The van der Waals surface area contributed by atoms with Crippen LogP contribution in [0.5, 0.6) is 0 Å². The van der Waals surface area contributed by atoms with Crippen molar-refractivity contribution in [1.82, 2.24) is 10.2 Å². The summed E-state index contributed by atoms with van der Waals surface area (Å²) in [5.41, 5.74) is 0. The van der Waals surface area contributed by atoms with E-state index in [-0.39, 0.29) is 19.0 Å². The van der Waals surface area contributed by atoms with E-state index in [2.05, 4.69) is 5.32 Å². The second-order valence-corrected chi connectivity index (χ2v) is 7.32. The van der Waals surface area contributed by atoms with Gasteiger partial charge in [0, 0.05) is 24.5 Å². The third-order valence-corrected chi connectivity index (χ3v) is 5.25. The molecule has 1 saturated heterocycles. The summed E-state index contributed by atoms with van der Waals surface area (Å²) in [5.74, 6) is -4.51. The Morgan fingerprint density at radius 3 is 2.50 bits per heavy atom. The largest absolute Gasteiger partial charge is 0.481 e. The lowest BCUT2D eigenvalue weighted by molar-refractivity contribution is -0.188. The van der Waals surface area contributed by atoms with Gasteiger partial charge < -0.3 is 10.4 Å². The van der Waals surface area contributed by atoms with E-state index in [1.54, 1.807) is 11.8 Å². The number of halogens is 3. The molecule has 5 nitrogen and oxygen atoms in total. The topological polar surface area (TPSA) is 69.6 Å². The molecule has 1 amide bonds. The highest BCUT2D eigenvalue weighted by atomic mass is 32.2. The molecule has 1 aliphatic heterocycles. The molecule has 0 radical (unpaired) electrons. The summed E-state index contributed by atoms with van der Waals surface area (Å²) in [6.07, 6.45) is -3.85. The third-order valence-electron chi connectivity index (χ3n) is 4.16. The Morgan fingerprint density at radius 2 is 1.92 bits per heavy atom. The van der Waals surface area contributed by atoms with Gasteiger partial charge in [-0.15, -0.1) is 11.8 Å². The van der Waals surface area contributed by atoms with Crippen LogP contribution in [0.25, 0.3) is 0 Å². The minimum Gasteiger partial charge on any atom is -0.481 e. The number of hydrogen-bond donors (Lipinski definition) is 2. The highest BCUT2D eigenvalue weighted by Gasteiger charge is 2.52. The fraction of sp³-hybridized carbons (Fsp3) is 0.529. The predicted octanol–water partition coefficient (Wildman–Crippen LogP) is 2.48. The number of carbonyl (C=O) groups is 2. The van der Waals surface area contributed by atoms with E-state index in [0.29, 0.717) is 6.54 Å². The van der Waals surface area contributed by atoms with Crippen molar-refractivity contribution >= 4 is 23.6 Å². The van der Waals surface area contributed by atoms with Gasteiger partial charge in [-0.3, -0.25) is 14.5 Å². The molecule has 2 N–H and O–H groups in total. The first kappa shape index (κ1) is 20.6. The van der Waals surface area contributed by atoms with Crippen molar-refractivity contribution in [2.24, 2.45) is 11.8 Å². The summed E-state index contributed by atoms with van der Waals surface area (Å²) in [4.78, 5) is 25.3. The van der Waals surface area contributed by atoms with Crippen LogP contribution in [-0.4, -0.2) is 60.0 Å². The molecule has 0 saturated carbocycles. The Bertz CT molecular complexity index is 613. The highest BCUT2D eigenvalue weighted by molar-refractivity contribution is 7.99. The number of carboxylic acid groups (broad SMARTS) is 1. The summed E-state index contributed by atoms with van der Waals surface area (Å²) in [5, 5.41) is 11.6. The van der Waals surface area contributed by atoms with Crippen LogP contribution in [0.15, 0.2) is 35.2 Å². The van der Waals surface area contributed by atoms with E-state index >= 15 is 0 Å². The summed E-state index contributed by atoms with van der Waals surface area (Å²) in [6, 6.07) is 9.80. The minimum atomic E-state index is -4.58. The van der Waals surface area contributed by atoms with E-state index < -0.39 is 30.5 Å². The van der Waals surface area contributed by atoms with Crippen molar-refractivity contribution in [3.8, 4) is 0 Å². The van der Waals surface area contributed by atoms with Crippen LogP contribution in [0, 0.1) is 11.8 Å². The van der Waals surface area contributed by atoms with Gasteiger partial charge in [0.05, 0.1) is 18.4 Å². The van der Waals surface area contributed by atoms with Crippen LogP contribution >= 0.6 is 11.8 Å². The number of nitrogens with one attached hydrogen (secondary N) is 1. The third kappa shape index (κ3) is 6.21. The van der Waals surface area contributed by atoms with Crippen molar-refractivity contribution in [2.75, 3.05) is 31.9 Å². The molecule has 26 heavy (non-hydrogen) atoms. The SMILES string of the molecule is O=C(CN1C[C@@H](C(F)(F)F)[C@H](C(=O)O)C1)NCCCSc1ccccc1. The number of carboxylic acids is 1. The van der Waals surface area contributed by atoms with Gasteiger partial charge in [-0.25, -0.2) is 0 Å². The fourth-order valence-electron chi connectivity index (χ4n) is 2.86. The van der Waals surface area contributed by atoms with Gasteiger partial charge in [0.15, 0.2) is 0 Å². The number of carbonyl (C=O) groups excluding carboxylic acids is 1. The van der Waals surface area contributed by atoms with Gasteiger partial charge in [-0.2, -0.15) is 13.2 Å².